The van der Waals surface area contributed by atoms with Crippen molar-refractivity contribution < 1.29 is 14.3 Å². The lowest BCUT2D eigenvalue weighted by atomic mass is 9.92. The van der Waals surface area contributed by atoms with Crippen molar-refractivity contribution in [3.63, 3.8) is 0 Å². The van der Waals surface area contributed by atoms with Crippen molar-refractivity contribution in [1.29, 1.82) is 0 Å². The number of rotatable bonds is 12. The summed E-state index contributed by atoms with van der Waals surface area (Å²) in [5, 5.41) is 8.20. The molecule has 0 aliphatic heterocycles. The van der Waals surface area contributed by atoms with Crippen LogP contribution in [0.15, 0.2) is 65.5 Å². The molecule has 0 spiro atoms. The van der Waals surface area contributed by atoms with Crippen molar-refractivity contribution in [2.75, 3.05) is 7.05 Å². The molecule has 1 aliphatic carbocycles. The summed E-state index contributed by atoms with van der Waals surface area (Å²) in [6.45, 7) is 6.33. The Balaban J connectivity index is 1.48. The molecule has 1 saturated carbocycles. The van der Waals surface area contributed by atoms with Crippen LogP contribution in [0.3, 0.4) is 0 Å². The van der Waals surface area contributed by atoms with Crippen LogP contribution in [0, 0.1) is 0 Å². The molecule has 220 valence electrons. The summed E-state index contributed by atoms with van der Waals surface area (Å²) in [4.78, 5) is 34.1. The highest BCUT2D eigenvalue weighted by atomic mass is 32.1. The van der Waals surface area contributed by atoms with Crippen LogP contribution < -0.4 is 15.4 Å². The average Bonchev–Trinajstić information content (AvgIpc) is 3.48. The van der Waals surface area contributed by atoms with Crippen molar-refractivity contribution in [2.45, 2.75) is 96.0 Å². The van der Waals surface area contributed by atoms with Gasteiger partial charge in [0.15, 0.2) is 0 Å². The molecule has 1 heterocycles. The van der Waals surface area contributed by atoms with Crippen molar-refractivity contribution >= 4 is 23.2 Å². The lowest BCUT2D eigenvalue weighted by Gasteiger charge is -2.37. The zero-order valence-corrected chi connectivity index (χ0v) is 25.6. The molecular formula is C33H44N4O3S. The Morgan fingerprint density at radius 3 is 2.32 bits per heavy atom. The van der Waals surface area contributed by atoms with Gasteiger partial charge in [-0.05, 0) is 63.9 Å². The second-order valence-corrected chi connectivity index (χ2v) is 12.8. The number of amides is 2. The van der Waals surface area contributed by atoms with Crippen LogP contribution in [0.25, 0.3) is 0 Å². The molecule has 2 amide bonds. The normalized spacial score (nSPS) is 15.7. The maximum atomic E-state index is 13.9. The van der Waals surface area contributed by atoms with Crippen LogP contribution in [0.1, 0.15) is 69.7 Å². The summed E-state index contributed by atoms with van der Waals surface area (Å²) in [5.41, 5.74) is 4.33. The Kier molecular flexibility index (Phi) is 10.9. The highest BCUT2D eigenvalue weighted by Crippen LogP contribution is 2.24. The van der Waals surface area contributed by atoms with E-state index >= 15 is 0 Å². The van der Waals surface area contributed by atoms with E-state index in [0.29, 0.717) is 25.5 Å². The fourth-order valence-electron chi connectivity index (χ4n) is 5.33. The second kappa shape index (κ2) is 14.6. The molecule has 0 bridgehead atoms. The summed E-state index contributed by atoms with van der Waals surface area (Å²) < 4.78 is 5.94. The SMILES string of the molecule is CN(C1CCCCC1)C(Cc1cscn1)C(=O)NC(Cc1ccc(OCc2ccccc2)cc1)C(=O)NC(C)(C)C. The standard InChI is InChI=1S/C33H44N4O3S/c1-33(2,3)36-31(38)29(19-24-15-17-28(18-16-24)40-21-25-11-7-5-8-12-25)35-32(39)30(20-26-22-41-23-34-26)37(4)27-13-9-6-10-14-27/h5,7-8,11-12,15-18,22-23,27,29-30H,6,9-10,13-14,19-21H2,1-4H3,(H,35,39)(H,36,38). The van der Waals surface area contributed by atoms with Gasteiger partial charge in [-0.3, -0.25) is 14.5 Å². The zero-order valence-electron chi connectivity index (χ0n) is 24.8. The summed E-state index contributed by atoms with van der Waals surface area (Å²) >= 11 is 1.54. The molecule has 1 aliphatic rings. The van der Waals surface area contributed by atoms with Gasteiger partial charge in [-0.1, -0.05) is 61.7 Å². The lowest BCUT2D eigenvalue weighted by molar-refractivity contribution is -0.133. The monoisotopic (exact) mass is 576 g/mol. The average molecular weight is 577 g/mol. The van der Waals surface area contributed by atoms with Crippen molar-refractivity contribution in [2.24, 2.45) is 0 Å². The third kappa shape index (κ3) is 9.68. The maximum absolute atomic E-state index is 13.9. The van der Waals surface area contributed by atoms with Crippen LogP contribution in [0.2, 0.25) is 0 Å². The van der Waals surface area contributed by atoms with E-state index in [4.69, 9.17) is 4.74 Å². The third-order valence-corrected chi connectivity index (χ3v) is 8.21. The van der Waals surface area contributed by atoms with Gasteiger partial charge >= 0.3 is 0 Å². The number of carbonyl (C=O) groups is 2. The number of likely N-dealkylation sites (N-methyl/N-ethyl adjacent to an activating group) is 1. The van der Waals surface area contributed by atoms with Crippen LogP contribution in [0.4, 0.5) is 0 Å². The number of thiazole rings is 1. The largest absolute Gasteiger partial charge is 0.489 e. The van der Waals surface area contributed by atoms with E-state index in [2.05, 4.69) is 20.5 Å². The number of benzene rings is 2. The molecule has 0 radical (unpaired) electrons. The second-order valence-electron chi connectivity index (χ2n) is 12.1. The molecular weight excluding hydrogens is 532 g/mol. The van der Waals surface area contributed by atoms with Crippen LogP contribution in [-0.2, 0) is 29.0 Å². The maximum Gasteiger partial charge on any atom is 0.243 e. The minimum Gasteiger partial charge on any atom is -0.489 e. The van der Waals surface area contributed by atoms with Gasteiger partial charge in [0, 0.05) is 29.8 Å². The smallest absolute Gasteiger partial charge is 0.243 e. The van der Waals surface area contributed by atoms with Crippen LogP contribution in [-0.4, -0.2) is 52.4 Å². The fourth-order valence-corrected chi connectivity index (χ4v) is 5.90. The number of nitrogens with zero attached hydrogens (tertiary/aromatic N) is 2. The fraction of sp³-hybridized carbons (Fsp3) is 0.485. The minimum atomic E-state index is -0.712. The Hall–Kier alpha value is -3.23. The first-order chi connectivity index (χ1) is 19.7. The highest BCUT2D eigenvalue weighted by molar-refractivity contribution is 7.07. The first kappa shape index (κ1) is 30.7. The van der Waals surface area contributed by atoms with Gasteiger partial charge in [0.2, 0.25) is 11.8 Å². The lowest BCUT2D eigenvalue weighted by Crippen LogP contribution is -2.58. The molecule has 7 nitrogen and oxygen atoms in total. The van der Waals surface area contributed by atoms with Crippen molar-refractivity contribution in [3.8, 4) is 5.75 Å². The molecule has 1 fully saturated rings. The van der Waals surface area contributed by atoms with E-state index in [9.17, 15) is 9.59 Å². The van der Waals surface area contributed by atoms with Crippen LogP contribution in [0.5, 0.6) is 5.75 Å². The number of hydrogen-bond acceptors (Lipinski definition) is 6. The predicted octanol–water partition coefficient (Wildman–Crippen LogP) is 5.54. The number of ether oxygens (including phenoxy) is 1. The van der Waals surface area contributed by atoms with Gasteiger partial charge < -0.3 is 15.4 Å². The molecule has 8 heteroatoms. The summed E-state index contributed by atoms with van der Waals surface area (Å²) in [5.74, 6) is 0.431. The number of aromatic nitrogens is 1. The molecule has 41 heavy (non-hydrogen) atoms. The Morgan fingerprint density at radius 1 is 0.976 bits per heavy atom. The molecule has 2 N–H and O–H groups in total. The zero-order chi connectivity index (χ0) is 29.2. The van der Waals surface area contributed by atoms with Gasteiger partial charge in [-0.15, -0.1) is 11.3 Å². The van der Waals surface area contributed by atoms with Gasteiger partial charge in [-0.25, -0.2) is 4.98 Å². The third-order valence-electron chi connectivity index (χ3n) is 7.57. The van der Waals surface area contributed by atoms with E-state index in [-0.39, 0.29) is 11.8 Å². The highest BCUT2D eigenvalue weighted by Gasteiger charge is 2.33. The van der Waals surface area contributed by atoms with Crippen molar-refractivity contribution in [3.05, 3.63) is 82.3 Å². The molecule has 2 unspecified atom stereocenters. The molecule has 2 aromatic carbocycles. The van der Waals surface area contributed by atoms with E-state index in [0.717, 1.165) is 35.4 Å². The van der Waals surface area contributed by atoms with Gasteiger partial charge in [0.25, 0.3) is 0 Å². The minimum absolute atomic E-state index is 0.136. The Labute approximate surface area is 248 Å². The van der Waals surface area contributed by atoms with Gasteiger partial charge in [-0.2, -0.15) is 0 Å². The molecule has 1 aromatic heterocycles. The molecule has 3 aromatic rings. The van der Waals surface area contributed by atoms with Gasteiger partial charge in [0.05, 0.1) is 17.2 Å². The molecule has 2 atom stereocenters. The van der Waals surface area contributed by atoms with Crippen LogP contribution >= 0.6 is 11.3 Å². The first-order valence-corrected chi connectivity index (χ1v) is 15.6. The van der Waals surface area contributed by atoms with E-state index < -0.39 is 17.6 Å². The Morgan fingerprint density at radius 2 is 1.68 bits per heavy atom. The van der Waals surface area contributed by atoms with E-state index in [1.807, 2.05) is 87.8 Å². The topological polar surface area (TPSA) is 83.6 Å². The van der Waals surface area contributed by atoms with Crippen molar-refractivity contribution in [1.82, 2.24) is 20.5 Å². The first-order valence-electron chi connectivity index (χ1n) is 14.6. The Bertz CT molecular complexity index is 1220. The molecule has 0 saturated heterocycles. The summed E-state index contributed by atoms with van der Waals surface area (Å²) in [6.07, 6.45) is 6.68. The quantitative estimate of drug-likeness (QED) is 0.296. The predicted molar refractivity (Wildman–Crippen MR) is 165 cm³/mol. The number of nitrogens with one attached hydrogen (secondary N) is 2. The van der Waals surface area contributed by atoms with E-state index in [1.165, 1.54) is 30.6 Å². The van der Waals surface area contributed by atoms with Gasteiger partial charge in [0.1, 0.15) is 18.4 Å². The summed E-state index contributed by atoms with van der Waals surface area (Å²) in [6, 6.07) is 17.0. The molecule has 4 rings (SSSR count). The summed E-state index contributed by atoms with van der Waals surface area (Å²) in [7, 11) is 2.05. The number of hydrogen-bond donors (Lipinski definition) is 2. The number of carbonyl (C=O) groups excluding carboxylic acids is 2. The van der Waals surface area contributed by atoms with E-state index in [1.54, 1.807) is 5.51 Å².